The standard InChI is InChI=1S/C21H25N3O3/c1-15-2-5-19(6-3-15)27-20-7-4-18(12-22-20)23-21(25)24-10-8-16(13-24)17-9-11-26-14-17/h2-7,12,16-17H,8-11,13-14H2,1H3,(H,23,25). The third-order valence-corrected chi connectivity index (χ3v) is 5.37. The Labute approximate surface area is 159 Å². The zero-order valence-electron chi connectivity index (χ0n) is 15.6. The average Bonchev–Trinajstić information content (AvgIpc) is 3.36. The minimum Gasteiger partial charge on any atom is -0.439 e. The van der Waals surface area contributed by atoms with E-state index in [9.17, 15) is 4.79 Å². The lowest BCUT2D eigenvalue weighted by atomic mass is 9.91. The van der Waals surface area contributed by atoms with Gasteiger partial charge in [0, 0.05) is 32.4 Å². The molecule has 2 unspecified atom stereocenters. The molecule has 2 aromatic rings. The van der Waals surface area contributed by atoms with Gasteiger partial charge in [0.25, 0.3) is 0 Å². The molecule has 6 nitrogen and oxygen atoms in total. The Kier molecular flexibility index (Phi) is 5.25. The van der Waals surface area contributed by atoms with Gasteiger partial charge in [-0.1, -0.05) is 17.7 Å². The van der Waals surface area contributed by atoms with E-state index in [1.165, 1.54) is 5.56 Å². The summed E-state index contributed by atoms with van der Waals surface area (Å²) < 4.78 is 11.2. The van der Waals surface area contributed by atoms with Crippen LogP contribution in [0.5, 0.6) is 11.6 Å². The van der Waals surface area contributed by atoms with Crippen molar-refractivity contribution in [1.29, 1.82) is 0 Å². The number of nitrogens with one attached hydrogen (secondary N) is 1. The Morgan fingerprint density at radius 2 is 2.04 bits per heavy atom. The summed E-state index contributed by atoms with van der Waals surface area (Å²) in [7, 11) is 0. The van der Waals surface area contributed by atoms with Crippen molar-refractivity contribution in [1.82, 2.24) is 9.88 Å². The largest absolute Gasteiger partial charge is 0.439 e. The number of likely N-dealkylation sites (tertiary alicyclic amines) is 1. The van der Waals surface area contributed by atoms with Crippen LogP contribution < -0.4 is 10.1 Å². The molecular weight excluding hydrogens is 342 g/mol. The van der Waals surface area contributed by atoms with E-state index in [2.05, 4.69) is 10.3 Å². The van der Waals surface area contributed by atoms with Gasteiger partial charge in [-0.25, -0.2) is 9.78 Å². The first-order valence-electron chi connectivity index (χ1n) is 9.51. The average molecular weight is 367 g/mol. The van der Waals surface area contributed by atoms with E-state index in [4.69, 9.17) is 9.47 Å². The summed E-state index contributed by atoms with van der Waals surface area (Å²) in [6, 6.07) is 11.3. The van der Waals surface area contributed by atoms with Crippen molar-refractivity contribution in [2.45, 2.75) is 19.8 Å². The van der Waals surface area contributed by atoms with E-state index in [0.717, 1.165) is 44.9 Å². The fourth-order valence-corrected chi connectivity index (χ4v) is 3.73. The van der Waals surface area contributed by atoms with Crippen LogP contribution in [0.15, 0.2) is 42.6 Å². The summed E-state index contributed by atoms with van der Waals surface area (Å²) in [6.45, 7) is 5.34. The molecule has 2 aliphatic heterocycles. The Bertz CT molecular complexity index is 770. The normalized spacial score (nSPS) is 22.0. The van der Waals surface area contributed by atoms with Crippen LogP contribution in [0.25, 0.3) is 0 Å². The topological polar surface area (TPSA) is 63.7 Å². The molecule has 0 bridgehead atoms. The molecule has 6 heteroatoms. The fourth-order valence-electron chi connectivity index (χ4n) is 3.73. The molecule has 2 aliphatic rings. The molecule has 27 heavy (non-hydrogen) atoms. The number of urea groups is 1. The molecule has 2 fully saturated rings. The predicted molar refractivity (Wildman–Crippen MR) is 103 cm³/mol. The number of nitrogens with zero attached hydrogens (tertiary/aromatic N) is 2. The van der Waals surface area contributed by atoms with Gasteiger partial charge < -0.3 is 19.7 Å². The van der Waals surface area contributed by atoms with Gasteiger partial charge >= 0.3 is 6.03 Å². The maximum atomic E-state index is 12.5. The van der Waals surface area contributed by atoms with E-state index in [1.807, 2.05) is 42.2 Å². The van der Waals surface area contributed by atoms with Gasteiger partial charge in [-0.05, 0) is 49.8 Å². The first kappa shape index (κ1) is 17.8. The number of ether oxygens (including phenoxy) is 2. The van der Waals surface area contributed by atoms with Crippen molar-refractivity contribution in [2.75, 3.05) is 31.6 Å². The number of carbonyl (C=O) groups excluding carboxylic acids is 1. The molecule has 4 rings (SSSR count). The number of aryl methyl sites for hydroxylation is 1. The number of carbonyl (C=O) groups is 1. The van der Waals surface area contributed by atoms with Gasteiger partial charge in [0.2, 0.25) is 5.88 Å². The zero-order chi connectivity index (χ0) is 18.6. The van der Waals surface area contributed by atoms with E-state index < -0.39 is 0 Å². The van der Waals surface area contributed by atoms with Crippen molar-refractivity contribution in [3.05, 3.63) is 48.2 Å². The number of hydrogen-bond donors (Lipinski definition) is 1. The maximum absolute atomic E-state index is 12.5. The van der Waals surface area contributed by atoms with Gasteiger partial charge in [0.15, 0.2) is 0 Å². The van der Waals surface area contributed by atoms with Crippen molar-refractivity contribution in [3.63, 3.8) is 0 Å². The molecule has 3 heterocycles. The predicted octanol–water partition coefficient (Wildman–Crippen LogP) is 4.07. The first-order valence-corrected chi connectivity index (χ1v) is 9.51. The lowest BCUT2D eigenvalue weighted by Gasteiger charge is -2.19. The fraction of sp³-hybridized carbons (Fsp3) is 0.429. The number of pyridine rings is 1. The summed E-state index contributed by atoms with van der Waals surface area (Å²) in [5.41, 5.74) is 1.85. The lowest BCUT2D eigenvalue weighted by molar-refractivity contribution is 0.171. The third-order valence-electron chi connectivity index (χ3n) is 5.37. The number of aromatic nitrogens is 1. The smallest absolute Gasteiger partial charge is 0.321 e. The monoisotopic (exact) mass is 367 g/mol. The van der Waals surface area contributed by atoms with Crippen LogP contribution in [-0.2, 0) is 4.74 Å². The molecule has 1 aromatic heterocycles. The lowest BCUT2D eigenvalue weighted by Crippen LogP contribution is -2.33. The van der Waals surface area contributed by atoms with E-state index in [-0.39, 0.29) is 6.03 Å². The highest BCUT2D eigenvalue weighted by atomic mass is 16.5. The molecule has 1 N–H and O–H groups in total. The van der Waals surface area contributed by atoms with Crippen LogP contribution in [0.4, 0.5) is 10.5 Å². The zero-order valence-corrected chi connectivity index (χ0v) is 15.6. The Morgan fingerprint density at radius 3 is 2.74 bits per heavy atom. The molecule has 0 saturated carbocycles. The molecule has 0 aliphatic carbocycles. The first-order chi connectivity index (χ1) is 13.2. The van der Waals surface area contributed by atoms with Gasteiger partial charge in [-0.2, -0.15) is 0 Å². The second kappa shape index (κ2) is 7.96. The second-order valence-electron chi connectivity index (χ2n) is 7.35. The van der Waals surface area contributed by atoms with Crippen molar-refractivity contribution >= 4 is 11.7 Å². The summed E-state index contributed by atoms with van der Waals surface area (Å²) in [5, 5.41) is 2.93. The Balaban J connectivity index is 1.30. The highest BCUT2D eigenvalue weighted by Crippen LogP contribution is 2.30. The number of hydrogen-bond acceptors (Lipinski definition) is 4. The minimum absolute atomic E-state index is 0.0644. The van der Waals surface area contributed by atoms with Crippen LogP contribution in [0.2, 0.25) is 0 Å². The van der Waals surface area contributed by atoms with Gasteiger partial charge in [-0.3, -0.25) is 0 Å². The number of benzene rings is 1. The van der Waals surface area contributed by atoms with E-state index >= 15 is 0 Å². The molecular formula is C21H25N3O3. The number of anilines is 1. The van der Waals surface area contributed by atoms with Crippen LogP contribution in [0, 0.1) is 18.8 Å². The molecule has 0 spiro atoms. The van der Waals surface area contributed by atoms with E-state index in [0.29, 0.717) is 23.4 Å². The molecule has 0 radical (unpaired) electrons. The van der Waals surface area contributed by atoms with Crippen LogP contribution in [0.3, 0.4) is 0 Å². The Hall–Kier alpha value is -2.60. The van der Waals surface area contributed by atoms with Crippen LogP contribution in [0.1, 0.15) is 18.4 Å². The molecule has 2 atom stereocenters. The number of amides is 2. The highest BCUT2D eigenvalue weighted by Gasteiger charge is 2.33. The van der Waals surface area contributed by atoms with Crippen LogP contribution >= 0.6 is 0 Å². The van der Waals surface area contributed by atoms with Gasteiger partial charge in [0.1, 0.15) is 5.75 Å². The third kappa shape index (κ3) is 4.39. The van der Waals surface area contributed by atoms with Crippen molar-refractivity contribution in [3.8, 4) is 11.6 Å². The Morgan fingerprint density at radius 1 is 1.19 bits per heavy atom. The SMILES string of the molecule is Cc1ccc(Oc2ccc(NC(=O)N3CCC(C4CCOC4)C3)cn2)cc1. The summed E-state index contributed by atoms with van der Waals surface area (Å²) in [5.74, 6) is 2.40. The van der Waals surface area contributed by atoms with Gasteiger partial charge in [-0.15, -0.1) is 0 Å². The van der Waals surface area contributed by atoms with Crippen LogP contribution in [-0.4, -0.2) is 42.2 Å². The molecule has 1 aromatic carbocycles. The van der Waals surface area contributed by atoms with Crippen molar-refractivity contribution in [2.24, 2.45) is 11.8 Å². The van der Waals surface area contributed by atoms with Crippen molar-refractivity contribution < 1.29 is 14.3 Å². The second-order valence-corrected chi connectivity index (χ2v) is 7.35. The quantitative estimate of drug-likeness (QED) is 0.885. The summed E-state index contributed by atoms with van der Waals surface area (Å²) >= 11 is 0. The molecule has 2 saturated heterocycles. The minimum atomic E-state index is -0.0644. The summed E-state index contributed by atoms with van der Waals surface area (Å²) in [4.78, 5) is 18.7. The van der Waals surface area contributed by atoms with Gasteiger partial charge in [0.05, 0.1) is 11.9 Å². The summed E-state index contributed by atoms with van der Waals surface area (Å²) in [6.07, 6.45) is 3.80. The molecule has 2 amide bonds. The highest BCUT2D eigenvalue weighted by molar-refractivity contribution is 5.89. The maximum Gasteiger partial charge on any atom is 0.321 e. The number of rotatable bonds is 4. The molecule has 142 valence electrons. The van der Waals surface area contributed by atoms with E-state index in [1.54, 1.807) is 12.3 Å².